The van der Waals surface area contributed by atoms with Crippen molar-refractivity contribution >= 4 is 6.08 Å². The fourth-order valence-corrected chi connectivity index (χ4v) is 1.25. The van der Waals surface area contributed by atoms with Crippen LogP contribution in [0.15, 0.2) is 24.3 Å². The minimum absolute atomic E-state index is 0.0277. The Morgan fingerprint density at radius 1 is 1.33 bits per heavy atom. The molecule has 3 nitrogen and oxygen atoms in total. The fourth-order valence-electron chi connectivity index (χ4n) is 1.25. The van der Waals surface area contributed by atoms with Crippen molar-refractivity contribution in [1.82, 2.24) is 0 Å². The van der Waals surface area contributed by atoms with E-state index in [1.165, 1.54) is 18.2 Å². The van der Waals surface area contributed by atoms with Crippen LogP contribution in [0.25, 0.3) is 6.08 Å². The van der Waals surface area contributed by atoms with E-state index in [2.05, 4.69) is 9.47 Å². The van der Waals surface area contributed by atoms with E-state index in [1.807, 2.05) is 0 Å². The number of rotatable bonds is 1. The molecule has 0 saturated heterocycles. The van der Waals surface area contributed by atoms with Gasteiger partial charge in [-0.2, -0.15) is 5.26 Å². The molecule has 1 aliphatic rings. The van der Waals surface area contributed by atoms with Crippen LogP contribution in [-0.2, 0) is 0 Å². The quantitative estimate of drug-likeness (QED) is 0.667. The van der Waals surface area contributed by atoms with Crippen LogP contribution in [0.3, 0.4) is 0 Å². The Bertz CT molecular complexity index is 463. The fraction of sp³-hybridized carbons (Fsp3) is 0.100. The Morgan fingerprint density at radius 2 is 2.13 bits per heavy atom. The molecule has 0 atom stereocenters. The molecule has 1 heterocycles. The summed E-state index contributed by atoms with van der Waals surface area (Å²) in [7, 11) is 0. The van der Waals surface area contributed by atoms with Gasteiger partial charge in [0.1, 0.15) is 0 Å². The SMILES string of the molecule is N#CC=Cc1cccc2c1OC(F)(F)O2. The molecule has 1 aromatic carbocycles. The zero-order valence-electron chi connectivity index (χ0n) is 7.41. The smallest absolute Gasteiger partial charge is 0.395 e. The van der Waals surface area contributed by atoms with Crippen molar-refractivity contribution in [1.29, 1.82) is 5.26 Å². The van der Waals surface area contributed by atoms with Crippen molar-refractivity contribution in [2.75, 3.05) is 0 Å². The van der Waals surface area contributed by atoms with Crippen LogP contribution in [0.4, 0.5) is 8.78 Å². The summed E-state index contributed by atoms with van der Waals surface area (Å²) in [6, 6.07) is 6.23. The van der Waals surface area contributed by atoms with Crippen molar-refractivity contribution in [3.63, 3.8) is 0 Å². The standard InChI is InChI=1S/C10H5F2NO2/c11-10(12)14-8-5-1-3-7(4-2-6-13)9(8)15-10/h1-5H. The second-order valence-corrected chi connectivity index (χ2v) is 2.80. The van der Waals surface area contributed by atoms with E-state index in [1.54, 1.807) is 18.2 Å². The molecule has 0 fully saturated rings. The third kappa shape index (κ3) is 1.74. The number of nitriles is 1. The van der Waals surface area contributed by atoms with E-state index in [0.29, 0.717) is 5.56 Å². The Balaban J connectivity index is 2.42. The number of benzene rings is 1. The lowest BCUT2D eigenvalue weighted by molar-refractivity contribution is -0.286. The summed E-state index contributed by atoms with van der Waals surface area (Å²) < 4.78 is 34.0. The molecule has 0 aliphatic carbocycles. The van der Waals surface area contributed by atoms with Gasteiger partial charge in [0.25, 0.3) is 0 Å². The van der Waals surface area contributed by atoms with E-state index >= 15 is 0 Å². The lowest BCUT2D eigenvalue weighted by Crippen LogP contribution is -2.26. The molecule has 76 valence electrons. The summed E-state index contributed by atoms with van der Waals surface area (Å²) >= 11 is 0. The number of halogens is 2. The molecule has 0 unspecified atom stereocenters. The summed E-state index contributed by atoms with van der Waals surface area (Å²) in [5.41, 5.74) is 0.381. The summed E-state index contributed by atoms with van der Waals surface area (Å²) in [5, 5.41) is 8.32. The molecule has 2 rings (SSSR count). The van der Waals surface area contributed by atoms with Gasteiger partial charge in [0.05, 0.1) is 6.07 Å². The van der Waals surface area contributed by atoms with E-state index in [9.17, 15) is 8.78 Å². The predicted molar refractivity (Wildman–Crippen MR) is 47.3 cm³/mol. The average Bonchev–Trinajstić information content (AvgIpc) is 2.49. The van der Waals surface area contributed by atoms with Crippen molar-refractivity contribution in [2.45, 2.75) is 6.29 Å². The number of nitrogens with zero attached hydrogens (tertiary/aromatic N) is 1. The summed E-state index contributed by atoms with van der Waals surface area (Å²) in [6.45, 7) is 0. The molecule has 0 aromatic heterocycles. The van der Waals surface area contributed by atoms with E-state index in [4.69, 9.17) is 5.26 Å². The van der Waals surface area contributed by atoms with Crippen LogP contribution < -0.4 is 9.47 Å². The number of fused-ring (bicyclic) bond motifs is 1. The van der Waals surface area contributed by atoms with Gasteiger partial charge in [-0.05, 0) is 12.1 Å². The minimum Gasteiger partial charge on any atom is -0.395 e. The summed E-state index contributed by atoms with van der Waals surface area (Å²) in [4.78, 5) is 0. The van der Waals surface area contributed by atoms with Crippen LogP contribution in [0, 0.1) is 11.3 Å². The number of allylic oxidation sites excluding steroid dienone is 1. The molecular formula is C10H5F2NO2. The summed E-state index contributed by atoms with van der Waals surface area (Å²) in [5.74, 6) is -0.0749. The van der Waals surface area contributed by atoms with E-state index < -0.39 is 6.29 Å². The maximum absolute atomic E-state index is 12.7. The largest absolute Gasteiger partial charge is 0.586 e. The molecule has 1 aromatic rings. The predicted octanol–water partition coefficient (Wildman–Crippen LogP) is 2.54. The van der Waals surface area contributed by atoms with Gasteiger partial charge in [0.2, 0.25) is 0 Å². The number of hydrogen-bond acceptors (Lipinski definition) is 3. The van der Waals surface area contributed by atoms with Crippen LogP contribution in [0.2, 0.25) is 0 Å². The molecule has 0 spiro atoms. The lowest BCUT2D eigenvalue weighted by Gasteiger charge is -2.05. The molecule has 15 heavy (non-hydrogen) atoms. The first-order valence-electron chi connectivity index (χ1n) is 4.07. The Labute approximate surface area is 84.1 Å². The minimum atomic E-state index is -3.63. The molecule has 0 bridgehead atoms. The molecule has 0 N–H and O–H groups in total. The highest BCUT2D eigenvalue weighted by Gasteiger charge is 2.44. The molecule has 0 radical (unpaired) electrons. The Morgan fingerprint density at radius 3 is 2.87 bits per heavy atom. The lowest BCUT2D eigenvalue weighted by atomic mass is 10.2. The third-order valence-corrected chi connectivity index (χ3v) is 1.80. The third-order valence-electron chi connectivity index (χ3n) is 1.80. The van der Waals surface area contributed by atoms with Crippen LogP contribution in [-0.4, -0.2) is 6.29 Å². The number of para-hydroxylation sites is 1. The van der Waals surface area contributed by atoms with Gasteiger partial charge in [-0.25, -0.2) is 0 Å². The number of alkyl halides is 2. The van der Waals surface area contributed by atoms with Gasteiger partial charge in [0.15, 0.2) is 11.5 Å². The maximum atomic E-state index is 12.7. The summed E-state index contributed by atoms with van der Waals surface area (Å²) in [6.07, 6.45) is -1.07. The van der Waals surface area contributed by atoms with Crippen molar-refractivity contribution in [3.05, 3.63) is 29.8 Å². The molecule has 1 aliphatic heterocycles. The normalized spacial score (nSPS) is 16.6. The van der Waals surface area contributed by atoms with Crippen molar-refractivity contribution in [3.8, 4) is 17.6 Å². The average molecular weight is 209 g/mol. The van der Waals surface area contributed by atoms with Gasteiger partial charge >= 0.3 is 6.29 Å². The zero-order chi connectivity index (χ0) is 10.9. The van der Waals surface area contributed by atoms with Crippen molar-refractivity contribution < 1.29 is 18.3 Å². The van der Waals surface area contributed by atoms with E-state index in [-0.39, 0.29) is 11.5 Å². The topological polar surface area (TPSA) is 42.2 Å². The van der Waals surface area contributed by atoms with E-state index in [0.717, 1.165) is 0 Å². The highest BCUT2D eigenvalue weighted by molar-refractivity contribution is 5.64. The second-order valence-electron chi connectivity index (χ2n) is 2.80. The van der Waals surface area contributed by atoms with Gasteiger partial charge in [0, 0.05) is 11.6 Å². The molecular weight excluding hydrogens is 204 g/mol. The number of hydrogen-bond donors (Lipinski definition) is 0. The first-order chi connectivity index (χ1) is 7.12. The highest BCUT2D eigenvalue weighted by Crippen LogP contribution is 2.43. The second kappa shape index (κ2) is 3.24. The van der Waals surface area contributed by atoms with Crippen molar-refractivity contribution in [2.24, 2.45) is 0 Å². The molecule has 0 amide bonds. The van der Waals surface area contributed by atoms with Crippen LogP contribution >= 0.6 is 0 Å². The monoisotopic (exact) mass is 209 g/mol. The first kappa shape index (κ1) is 9.46. The Kier molecular flexibility index (Phi) is 2.05. The Hall–Kier alpha value is -2.09. The molecule has 5 heteroatoms. The zero-order valence-corrected chi connectivity index (χ0v) is 7.41. The van der Waals surface area contributed by atoms with Gasteiger partial charge < -0.3 is 9.47 Å². The maximum Gasteiger partial charge on any atom is 0.586 e. The van der Waals surface area contributed by atoms with Gasteiger partial charge in [-0.1, -0.05) is 12.1 Å². The number of ether oxygens (including phenoxy) is 2. The molecule has 0 saturated carbocycles. The van der Waals surface area contributed by atoms with Gasteiger partial charge in [-0.3, -0.25) is 0 Å². The highest BCUT2D eigenvalue weighted by atomic mass is 19.3. The van der Waals surface area contributed by atoms with Crippen LogP contribution in [0.1, 0.15) is 5.56 Å². The first-order valence-corrected chi connectivity index (χ1v) is 4.07. The van der Waals surface area contributed by atoms with Gasteiger partial charge in [-0.15, -0.1) is 8.78 Å². The van der Waals surface area contributed by atoms with Crippen LogP contribution in [0.5, 0.6) is 11.5 Å².